The standard InChI is InChI=1S/C14H14N2O2S/c1-18-12-6-2-10(3-7-12)15-14(17)16-11-4-8-13(19)9-5-11/h2-9,19H,1H3,(H2,15,16,17). The maximum Gasteiger partial charge on any atom is 0.323 e. The second-order valence-electron chi connectivity index (χ2n) is 3.85. The Morgan fingerprint density at radius 2 is 1.42 bits per heavy atom. The van der Waals surface area contributed by atoms with Gasteiger partial charge in [0.2, 0.25) is 0 Å². The SMILES string of the molecule is COc1ccc(NC(=O)Nc2ccc(S)cc2)cc1. The average Bonchev–Trinajstić information content (AvgIpc) is 2.42. The lowest BCUT2D eigenvalue weighted by molar-refractivity contribution is 0.262. The van der Waals surface area contributed by atoms with Crippen LogP contribution in [0.15, 0.2) is 53.4 Å². The maximum atomic E-state index is 11.7. The minimum atomic E-state index is -0.294. The van der Waals surface area contributed by atoms with Crippen LogP contribution in [-0.2, 0) is 0 Å². The second kappa shape index (κ2) is 6.15. The highest BCUT2D eigenvalue weighted by molar-refractivity contribution is 7.80. The Labute approximate surface area is 117 Å². The molecule has 0 aliphatic rings. The van der Waals surface area contributed by atoms with Crippen LogP contribution in [0.25, 0.3) is 0 Å². The van der Waals surface area contributed by atoms with Crippen molar-refractivity contribution in [3.8, 4) is 5.75 Å². The molecule has 98 valence electrons. The van der Waals surface area contributed by atoms with E-state index < -0.39 is 0 Å². The number of anilines is 2. The number of ether oxygens (including phenoxy) is 1. The minimum absolute atomic E-state index is 0.294. The van der Waals surface area contributed by atoms with Crippen molar-refractivity contribution in [2.24, 2.45) is 0 Å². The van der Waals surface area contributed by atoms with Crippen molar-refractivity contribution in [3.05, 3.63) is 48.5 Å². The largest absolute Gasteiger partial charge is 0.497 e. The molecular weight excluding hydrogens is 260 g/mol. The number of benzene rings is 2. The smallest absolute Gasteiger partial charge is 0.323 e. The third-order valence-electron chi connectivity index (χ3n) is 2.47. The van der Waals surface area contributed by atoms with Crippen molar-refractivity contribution in [1.82, 2.24) is 0 Å². The first kappa shape index (κ1) is 13.3. The summed E-state index contributed by atoms with van der Waals surface area (Å²) in [5.74, 6) is 0.746. The van der Waals surface area contributed by atoms with Crippen molar-refractivity contribution < 1.29 is 9.53 Å². The molecule has 0 fully saturated rings. The predicted molar refractivity (Wildman–Crippen MR) is 79.3 cm³/mol. The van der Waals surface area contributed by atoms with Gasteiger partial charge in [-0.05, 0) is 48.5 Å². The zero-order chi connectivity index (χ0) is 13.7. The molecule has 0 aliphatic heterocycles. The Balaban J connectivity index is 1.95. The third-order valence-corrected chi connectivity index (χ3v) is 2.77. The lowest BCUT2D eigenvalue weighted by Crippen LogP contribution is -2.19. The number of nitrogens with one attached hydrogen (secondary N) is 2. The molecule has 2 amide bonds. The van der Waals surface area contributed by atoms with E-state index >= 15 is 0 Å². The van der Waals surface area contributed by atoms with E-state index in [1.54, 1.807) is 43.5 Å². The summed E-state index contributed by atoms with van der Waals surface area (Å²) >= 11 is 4.18. The number of thiol groups is 1. The lowest BCUT2D eigenvalue weighted by atomic mass is 10.3. The molecule has 19 heavy (non-hydrogen) atoms. The number of hydrogen-bond donors (Lipinski definition) is 3. The highest BCUT2D eigenvalue weighted by Crippen LogP contribution is 2.16. The van der Waals surface area contributed by atoms with E-state index in [9.17, 15) is 4.79 Å². The van der Waals surface area contributed by atoms with Crippen molar-refractivity contribution in [1.29, 1.82) is 0 Å². The van der Waals surface area contributed by atoms with Gasteiger partial charge in [0.15, 0.2) is 0 Å². The minimum Gasteiger partial charge on any atom is -0.497 e. The number of carbonyl (C=O) groups excluding carboxylic acids is 1. The summed E-state index contributed by atoms with van der Waals surface area (Å²) < 4.78 is 5.05. The molecule has 4 nitrogen and oxygen atoms in total. The first-order valence-corrected chi connectivity index (χ1v) is 6.13. The van der Waals surface area contributed by atoms with Crippen LogP contribution in [0, 0.1) is 0 Å². The summed E-state index contributed by atoms with van der Waals surface area (Å²) in [5, 5.41) is 5.46. The van der Waals surface area contributed by atoms with E-state index in [0.29, 0.717) is 11.4 Å². The molecule has 0 aliphatic carbocycles. The monoisotopic (exact) mass is 274 g/mol. The quantitative estimate of drug-likeness (QED) is 0.749. The lowest BCUT2D eigenvalue weighted by Gasteiger charge is -2.08. The van der Waals surface area contributed by atoms with Crippen LogP contribution in [0.2, 0.25) is 0 Å². The second-order valence-corrected chi connectivity index (χ2v) is 4.37. The van der Waals surface area contributed by atoms with Gasteiger partial charge >= 0.3 is 6.03 Å². The van der Waals surface area contributed by atoms with Crippen LogP contribution in [-0.4, -0.2) is 13.1 Å². The summed E-state index contributed by atoms with van der Waals surface area (Å²) in [6, 6.07) is 14.0. The van der Waals surface area contributed by atoms with Gasteiger partial charge < -0.3 is 15.4 Å². The molecule has 2 aromatic carbocycles. The number of amides is 2. The van der Waals surface area contributed by atoms with Gasteiger partial charge in [0.25, 0.3) is 0 Å². The fourth-order valence-electron chi connectivity index (χ4n) is 1.51. The number of carbonyl (C=O) groups is 1. The first-order valence-electron chi connectivity index (χ1n) is 5.68. The van der Waals surface area contributed by atoms with Gasteiger partial charge in [0.1, 0.15) is 5.75 Å². The van der Waals surface area contributed by atoms with Gasteiger partial charge in [0.05, 0.1) is 7.11 Å². The van der Waals surface area contributed by atoms with Crippen LogP contribution in [0.1, 0.15) is 0 Å². The van der Waals surface area contributed by atoms with Gasteiger partial charge in [-0.2, -0.15) is 0 Å². The van der Waals surface area contributed by atoms with Gasteiger partial charge in [-0.15, -0.1) is 12.6 Å². The highest BCUT2D eigenvalue weighted by atomic mass is 32.1. The molecule has 0 radical (unpaired) electrons. The normalized spacial score (nSPS) is 9.79. The fraction of sp³-hybridized carbons (Fsp3) is 0.0714. The molecule has 5 heteroatoms. The Kier molecular flexibility index (Phi) is 4.30. The Morgan fingerprint density at radius 1 is 0.947 bits per heavy atom. The number of hydrogen-bond acceptors (Lipinski definition) is 3. The Bertz CT molecular complexity index is 553. The van der Waals surface area contributed by atoms with Crippen molar-refractivity contribution in [3.63, 3.8) is 0 Å². The molecule has 0 bridgehead atoms. The van der Waals surface area contributed by atoms with Gasteiger partial charge in [-0.25, -0.2) is 4.79 Å². The summed E-state index contributed by atoms with van der Waals surface area (Å²) in [6.45, 7) is 0. The molecule has 0 aromatic heterocycles. The van der Waals surface area contributed by atoms with Crippen LogP contribution < -0.4 is 15.4 Å². The summed E-state index contributed by atoms with van der Waals surface area (Å²) in [7, 11) is 1.60. The van der Waals surface area contributed by atoms with E-state index in [-0.39, 0.29) is 6.03 Å². The molecule has 2 N–H and O–H groups in total. The molecule has 0 heterocycles. The van der Waals surface area contributed by atoms with Crippen LogP contribution >= 0.6 is 12.6 Å². The molecule has 0 atom stereocenters. The zero-order valence-corrected chi connectivity index (χ0v) is 11.3. The fourth-order valence-corrected chi connectivity index (χ4v) is 1.66. The first-order chi connectivity index (χ1) is 9.17. The van der Waals surface area contributed by atoms with E-state index in [1.165, 1.54) is 0 Å². The van der Waals surface area contributed by atoms with E-state index in [2.05, 4.69) is 23.3 Å². The number of urea groups is 1. The summed E-state index contributed by atoms with van der Waals surface area (Å²) in [6.07, 6.45) is 0. The average molecular weight is 274 g/mol. The third kappa shape index (κ3) is 3.93. The zero-order valence-electron chi connectivity index (χ0n) is 10.4. The van der Waals surface area contributed by atoms with Gasteiger partial charge in [-0.1, -0.05) is 0 Å². The topological polar surface area (TPSA) is 50.4 Å². The molecular formula is C14H14N2O2S. The van der Waals surface area contributed by atoms with E-state index in [4.69, 9.17) is 4.74 Å². The van der Waals surface area contributed by atoms with E-state index in [1.807, 2.05) is 12.1 Å². The van der Waals surface area contributed by atoms with Gasteiger partial charge in [0, 0.05) is 16.3 Å². The van der Waals surface area contributed by atoms with Crippen molar-refractivity contribution in [2.75, 3.05) is 17.7 Å². The van der Waals surface area contributed by atoms with Crippen molar-refractivity contribution >= 4 is 30.0 Å². The van der Waals surface area contributed by atoms with Gasteiger partial charge in [-0.3, -0.25) is 0 Å². The summed E-state index contributed by atoms with van der Waals surface area (Å²) in [4.78, 5) is 12.6. The maximum absolute atomic E-state index is 11.7. The predicted octanol–water partition coefficient (Wildman–Crippen LogP) is 3.63. The highest BCUT2D eigenvalue weighted by Gasteiger charge is 2.02. The molecule has 2 rings (SSSR count). The molecule has 0 spiro atoms. The molecule has 0 unspecified atom stereocenters. The number of methoxy groups -OCH3 is 1. The molecule has 0 saturated heterocycles. The van der Waals surface area contributed by atoms with Crippen LogP contribution in [0.5, 0.6) is 5.75 Å². The molecule has 0 saturated carbocycles. The van der Waals surface area contributed by atoms with E-state index in [0.717, 1.165) is 10.6 Å². The van der Waals surface area contributed by atoms with Crippen LogP contribution in [0.4, 0.5) is 16.2 Å². The van der Waals surface area contributed by atoms with Crippen molar-refractivity contribution in [2.45, 2.75) is 4.90 Å². The Morgan fingerprint density at radius 3 is 1.89 bits per heavy atom. The summed E-state index contributed by atoms with van der Waals surface area (Å²) in [5.41, 5.74) is 1.41. The molecule has 2 aromatic rings. The number of rotatable bonds is 3. The Hall–Kier alpha value is -2.14. The van der Waals surface area contributed by atoms with Crippen LogP contribution in [0.3, 0.4) is 0 Å².